The molecule has 0 saturated carbocycles. The van der Waals surface area contributed by atoms with Crippen LogP contribution in [0.2, 0.25) is 0 Å². The molecule has 4 nitrogen and oxygen atoms in total. The first-order valence-electron chi connectivity index (χ1n) is 6.29. The van der Waals surface area contributed by atoms with E-state index in [1.807, 2.05) is 30.3 Å². The smallest absolute Gasteiger partial charge is 0.260 e. The lowest BCUT2D eigenvalue weighted by Gasteiger charge is -2.20. The van der Waals surface area contributed by atoms with Crippen molar-refractivity contribution >= 4 is 5.91 Å². The highest BCUT2D eigenvalue weighted by atomic mass is 16.5. The van der Waals surface area contributed by atoms with Crippen LogP contribution in [0.5, 0.6) is 5.75 Å². The molecule has 1 saturated heterocycles. The average molecular weight is 249 g/mol. The number of nitrogens with zero attached hydrogens (tertiary/aromatic N) is 1. The van der Waals surface area contributed by atoms with Crippen LogP contribution in [0.25, 0.3) is 0 Å². The van der Waals surface area contributed by atoms with Gasteiger partial charge in [-0.2, -0.15) is 0 Å². The van der Waals surface area contributed by atoms with Crippen LogP contribution in [-0.2, 0) is 9.53 Å². The molecule has 0 aromatic heterocycles. The minimum absolute atomic E-state index is 0.0191. The SMILES string of the molecule is CN(CC1CCCO1)C(=O)COc1ccccc1. The highest BCUT2D eigenvalue weighted by Gasteiger charge is 2.20. The molecule has 1 aromatic carbocycles. The number of rotatable bonds is 5. The van der Waals surface area contributed by atoms with Crippen LogP contribution < -0.4 is 4.74 Å². The highest BCUT2D eigenvalue weighted by Crippen LogP contribution is 2.13. The fourth-order valence-corrected chi connectivity index (χ4v) is 1.97. The maximum Gasteiger partial charge on any atom is 0.260 e. The number of para-hydroxylation sites is 1. The summed E-state index contributed by atoms with van der Waals surface area (Å²) in [5.41, 5.74) is 0. The Morgan fingerprint density at radius 3 is 2.89 bits per heavy atom. The number of amides is 1. The number of hydrogen-bond acceptors (Lipinski definition) is 3. The van der Waals surface area contributed by atoms with Crippen molar-refractivity contribution in [2.75, 3.05) is 26.8 Å². The zero-order valence-corrected chi connectivity index (χ0v) is 10.7. The molecule has 1 unspecified atom stereocenters. The average Bonchev–Trinajstić information content (AvgIpc) is 2.90. The number of carbonyl (C=O) groups is 1. The lowest BCUT2D eigenvalue weighted by molar-refractivity contribution is -0.133. The molecular weight excluding hydrogens is 230 g/mol. The van der Waals surface area contributed by atoms with Crippen molar-refractivity contribution in [2.24, 2.45) is 0 Å². The summed E-state index contributed by atoms with van der Waals surface area (Å²) in [5, 5.41) is 0. The lowest BCUT2D eigenvalue weighted by atomic mass is 10.2. The number of benzene rings is 1. The first kappa shape index (κ1) is 12.9. The molecular formula is C14H19NO3. The van der Waals surface area contributed by atoms with Crippen LogP contribution in [0, 0.1) is 0 Å². The Labute approximate surface area is 107 Å². The minimum atomic E-state index is -0.0191. The van der Waals surface area contributed by atoms with E-state index in [2.05, 4.69) is 0 Å². The van der Waals surface area contributed by atoms with E-state index in [-0.39, 0.29) is 18.6 Å². The monoisotopic (exact) mass is 249 g/mol. The minimum Gasteiger partial charge on any atom is -0.484 e. The number of hydrogen-bond donors (Lipinski definition) is 0. The molecule has 0 bridgehead atoms. The van der Waals surface area contributed by atoms with E-state index >= 15 is 0 Å². The summed E-state index contributed by atoms with van der Waals surface area (Å²) < 4.78 is 10.9. The van der Waals surface area contributed by atoms with Crippen molar-refractivity contribution in [2.45, 2.75) is 18.9 Å². The second kappa shape index (κ2) is 6.40. The predicted molar refractivity (Wildman–Crippen MR) is 68.5 cm³/mol. The van der Waals surface area contributed by atoms with Crippen LogP contribution in [0.1, 0.15) is 12.8 Å². The van der Waals surface area contributed by atoms with Crippen LogP contribution in [0.15, 0.2) is 30.3 Å². The molecule has 98 valence electrons. The van der Waals surface area contributed by atoms with Gasteiger partial charge in [-0.1, -0.05) is 18.2 Å². The normalized spacial score (nSPS) is 18.6. The van der Waals surface area contributed by atoms with Crippen molar-refractivity contribution < 1.29 is 14.3 Å². The number of carbonyl (C=O) groups excluding carboxylic acids is 1. The van der Waals surface area contributed by atoms with Gasteiger partial charge in [-0.05, 0) is 25.0 Å². The molecule has 4 heteroatoms. The Bertz CT molecular complexity index is 374. The van der Waals surface area contributed by atoms with E-state index in [0.29, 0.717) is 6.54 Å². The molecule has 1 aliphatic rings. The lowest BCUT2D eigenvalue weighted by Crippen LogP contribution is -2.37. The Balaban J connectivity index is 1.73. The fourth-order valence-electron chi connectivity index (χ4n) is 1.97. The molecule has 0 spiro atoms. The zero-order valence-electron chi connectivity index (χ0n) is 10.7. The summed E-state index contributed by atoms with van der Waals surface area (Å²) in [6, 6.07) is 9.37. The summed E-state index contributed by atoms with van der Waals surface area (Å²) >= 11 is 0. The third-order valence-corrected chi connectivity index (χ3v) is 3.03. The first-order chi connectivity index (χ1) is 8.75. The third kappa shape index (κ3) is 3.74. The Morgan fingerprint density at radius 1 is 1.44 bits per heavy atom. The Kier molecular flexibility index (Phi) is 4.59. The molecule has 1 amide bonds. The number of likely N-dealkylation sites (N-methyl/N-ethyl adjacent to an activating group) is 1. The van der Waals surface area contributed by atoms with Crippen LogP contribution in [0.4, 0.5) is 0 Å². The first-order valence-corrected chi connectivity index (χ1v) is 6.29. The van der Waals surface area contributed by atoms with Crippen molar-refractivity contribution in [3.63, 3.8) is 0 Å². The summed E-state index contributed by atoms with van der Waals surface area (Å²) in [7, 11) is 1.79. The van der Waals surface area contributed by atoms with Crippen molar-refractivity contribution in [1.29, 1.82) is 0 Å². The molecule has 0 aliphatic carbocycles. The molecule has 0 radical (unpaired) electrons. The Morgan fingerprint density at radius 2 is 2.22 bits per heavy atom. The maximum atomic E-state index is 11.8. The van der Waals surface area contributed by atoms with Gasteiger partial charge in [0.15, 0.2) is 6.61 Å². The largest absolute Gasteiger partial charge is 0.484 e. The Hall–Kier alpha value is -1.55. The van der Waals surface area contributed by atoms with Crippen molar-refractivity contribution in [1.82, 2.24) is 4.90 Å². The molecule has 1 heterocycles. The van der Waals surface area contributed by atoms with Crippen LogP contribution in [0.3, 0.4) is 0 Å². The fraction of sp³-hybridized carbons (Fsp3) is 0.500. The van der Waals surface area contributed by atoms with E-state index in [1.54, 1.807) is 11.9 Å². The molecule has 1 atom stereocenters. The summed E-state index contributed by atoms with van der Waals surface area (Å²) in [6.07, 6.45) is 2.32. The van der Waals surface area contributed by atoms with E-state index in [9.17, 15) is 4.79 Å². The van der Waals surface area contributed by atoms with Crippen molar-refractivity contribution in [3.8, 4) is 5.75 Å². The predicted octanol–water partition coefficient (Wildman–Crippen LogP) is 1.70. The van der Waals surface area contributed by atoms with E-state index in [4.69, 9.17) is 9.47 Å². The second-order valence-electron chi connectivity index (χ2n) is 4.51. The van der Waals surface area contributed by atoms with Gasteiger partial charge < -0.3 is 14.4 Å². The molecule has 18 heavy (non-hydrogen) atoms. The van der Waals surface area contributed by atoms with Gasteiger partial charge in [0.2, 0.25) is 0 Å². The van der Waals surface area contributed by atoms with E-state index < -0.39 is 0 Å². The van der Waals surface area contributed by atoms with E-state index in [0.717, 1.165) is 25.2 Å². The maximum absolute atomic E-state index is 11.8. The topological polar surface area (TPSA) is 38.8 Å². The van der Waals surface area contributed by atoms with Gasteiger partial charge in [-0.25, -0.2) is 0 Å². The van der Waals surface area contributed by atoms with Gasteiger partial charge in [0.05, 0.1) is 6.10 Å². The molecule has 1 aromatic rings. The summed E-state index contributed by atoms with van der Waals surface area (Å²) in [4.78, 5) is 13.5. The molecule has 1 fully saturated rings. The quantitative estimate of drug-likeness (QED) is 0.797. The van der Waals surface area contributed by atoms with Crippen LogP contribution in [-0.4, -0.2) is 43.7 Å². The van der Waals surface area contributed by atoms with Gasteiger partial charge >= 0.3 is 0 Å². The second-order valence-corrected chi connectivity index (χ2v) is 4.51. The van der Waals surface area contributed by atoms with Gasteiger partial charge in [-0.3, -0.25) is 4.79 Å². The molecule has 1 aliphatic heterocycles. The van der Waals surface area contributed by atoms with Crippen molar-refractivity contribution in [3.05, 3.63) is 30.3 Å². The van der Waals surface area contributed by atoms with Gasteiger partial charge in [0, 0.05) is 20.2 Å². The van der Waals surface area contributed by atoms with Crippen LogP contribution >= 0.6 is 0 Å². The van der Waals surface area contributed by atoms with Gasteiger partial charge in [0.25, 0.3) is 5.91 Å². The van der Waals surface area contributed by atoms with Gasteiger partial charge in [-0.15, -0.1) is 0 Å². The zero-order chi connectivity index (χ0) is 12.8. The number of ether oxygens (including phenoxy) is 2. The third-order valence-electron chi connectivity index (χ3n) is 3.03. The summed E-state index contributed by atoms with van der Waals surface area (Å²) in [5.74, 6) is 0.700. The molecule has 2 rings (SSSR count). The standard InChI is InChI=1S/C14H19NO3/c1-15(10-13-8-5-9-17-13)14(16)11-18-12-6-3-2-4-7-12/h2-4,6-7,13H,5,8-11H2,1H3. The highest BCUT2D eigenvalue weighted by molar-refractivity contribution is 5.77. The van der Waals surface area contributed by atoms with Gasteiger partial charge in [0.1, 0.15) is 5.75 Å². The van der Waals surface area contributed by atoms with E-state index in [1.165, 1.54) is 0 Å². The molecule has 0 N–H and O–H groups in total. The summed E-state index contributed by atoms with van der Waals surface area (Å²) in [6.45, 7) is 1.54.